The van der Waals surface area contributed by atoms with Crippen LogP contribution in [-0.2, 0) is 15.9 Å². The summed E-state index contributed by atoms with van der Waals surface area (Å²) in [4.78, 5) is 0. The van der Waals surface area contributed by atoms with E-state index in [0.29, 0.717) is 0 Å². The van der Waals surface area contributed by atoms with Gasteiger partial charge in [-0.1, -0.05) is 30.3 Å². The van der Waals surface area contributed by atoms with Crippen molar-refractivity contribution >= 4 is 34.4 Å². The molecule has 0 unspecified atom stereocenters. The van der Waals surface area contributed by atoms with Crippen molar-refractivity contribution in [1.82, 2.24) is 4.57 Å². The Balaban J connectivity index is 1.87. The Kier molecular flexibility index (Phi) is 3.35. The summed E-state index contributed by atoms with van der Waals surface area (Å²) in [5, 5.41) is 2.55. The number of aromatic nitrogens is 1. The molecule has 2 aromatic carbocycles. The van der Waals surface area contributed by atoms with Crippen molar-refractivity contribution in [1.29, 1.82) is 0 Å². The van der Waals surface area contributed by atoms with Crippen molar-refractivity contribution in [3.8, 4) is 0 Å². The quantitative estimate of drug-likeness (QED) is 0.663. The van der Waals surface area contributed by atoms with Crippen LogP contribution in [-0.4, -0.2) is 22.9 Å². The molecule has 0 amide bonds. The highest BCUT2D eigenvalue weighted by molar-refractivity contribution is 6.62. The Bertz CT molecular complexity index is 910. The van der Waals surface area contributed by atoms with Crippen LogP contribution in [0.1, 0.15) is 34.6 Å². The van der Waals surface area contributed by atoms with Crippen LogP contribution >= 0.6 is 0 Å². The van der Waals surface area contributed by atoms with Crippen molar-refractivity contribution in [3.05, 3.63) is 42.5 Å². The van der Waals surface area contributed by atoms with E-state index in [2.05, 4.69) is 81.7 Å². The molecular formula is C20H24BNO2. The van der Waals surface area contributed by atoms with E-state index in [4.69, 9.17) is 9.31 Å². The largest absolute Gasteiger partial charge is 0.494 e. The van der Waals surface area contributed by atoms with Crippen LogP contribution < -0.4 is 5.46 Å². The van der Waals surface area contributed by atoms with Gasteiger partial charge in [0.05, 0.1) is 11.2 Å². The van der Waals surface area contributed by atoms with Gasteiger partial charge in [-0.25, -0.2) is 0 Å². The third kappa shape index (κ3) is 2.13. The lowest BCUT2D eigenvalue weighted by Gasteiger charge is -2.32. The highest BCUT2D eigenvalue weighted by Gasteiger charge is 2.51. The monoisotopic (exact) mass is 321 g/mol. The van der Waals surface area contributed by atoms with Crippen molar-refractivity contribution in [2.45, 2.75) is 52.4 Å². The lowest BCUT2D eigenvalue weighted by molar-refractivity contribution is 0.00578. The lowest BCUT2D eigenvalue weighted by Crippen LogP contribution is -2.41. The summed E-state index contributed by atoms with van der Waals surface area (Å²) in [6, 6.07) is 15.1. The van der Waals surface area contributed by atoms with E-state index in [1.807, 2.05) is 0 Å². The minimum absolute atomic E-state index is 0.315. The molecule has 0 spiro atoms. The molecule has 24 heavy (non-hydrogen) atoms. The summed E-state index contributed by atoms with van der Waals surface area (Å²) >= 11 is 0. The van der Waals surface area contributed by atoms with Crippen LogP contribution in [0.3, 0.4) is 0 Å². The molecule has 1 aromatic heterocycles. The van der Waals surface area contributed by atoms with Gasteiger partial charge in [-0.2, -0.15) is 0 Å². The number of fused-ring (bicyclic) bond motifs is 3. The van der Waals surface area contributed by atoms with Gasteiger partial charge in [-0.15, -0.1) is 0 Å². The van der Waals surface area contributed by atoms with Crippen LogP contribution in [0.5, 0.6) is 0 Å². The third-order valence-corrected chi connectivity index (χ3v) is 5.64. The molecule has 4 rings (SSSR count). The molecule has 1 aliphatic heterocycles. The zero-order chi connectivity index (χ0) is 17.1. The predicted molar refractivity (Wildman–Crippen MR) is 101 cm³/mol. The maximum absolute atomic E-state index is 6.22. The molecule has 3 aromatic rings. The van der Waals surface area contributed by atoms with Crippen molar-refractivity contribution in [2.75, 3.05) is 0 Å². The Morgan fingerprint density at radius 1 is 0.875 bits per heavy atom. The summed E-state index contributed by atoms with van der Waals surface area (Å²) in [7, 11) is -0.317. The number of nitrogens with zero attached hydrogens (tertiary/aromatic N) is 1. The summed E-state index contributed by atoms with van der Waals surface area (Å²) < 4.78 is 14.8. The first-order valence-electron chi connectivity index (χ1n) is 8.70. The molecule has 0 aliphatic carbocycles. The van der Waals surface area contributed by atoms with Crippen LogP contribution in [0.25, 0.3) is 21.8 Å². The van der Waals surface area contributed by atoms with Crippen LogP contribution in [0.2, 0.25) is 0 Å². The van der Waals surface area contributed by atoms with Gasteiger partial charge < -0.3 is 13.9 Å². The number of benzene rings is 2. The van der Waals surface area contributed by atoms with Crippen LogP contribution in [0.4, 0.5) is 0 Å². The standard InChI is InChI=1S/C20H24BNO2/c1-6-22-17-10-8-7-9-15(17)16-13-14(11-12-18(16)22)21-23-19(2,3)20(4,5)24-21/h7-13H,6H2,1-5H3. The van der Waals surface area contributed by atoms with Crippen LogP contribution in [0, 0.1) is 0 Å². The van der Waals surface area contributed by atoms with Gasteiger partial charge in [0, 0.05) is 28.4 Å². The van der Waals surface area contributed by atoms with Crippen LogP contribution in [0.15, 0.2) is 42.5 Å². The second-order valence-electron chi connectivity index (χ2n) is 7.63. The number of hydrogen-bond acceptors (Lipinski definition) is 2. The molecule has 0 N–H and O–H groups in total. The average Bonchev–Trinajstić information content (AvgIpc) is 2.97. The molecule has 0 saturated carbocycles. The predicted octanol–water partition coefficient (Wildman–Crippen LogP) is 4.11. The second-order valence-corrected chi connectivity index (χ2v) is 7.63. The molecule has 0 radical (unpaired) electrons. The summed E-state index contributed by atoms with van der Waals surface area (Å²) in [5.74, 6) is 0. The minimum Gasteiger partial charge on any atom is -0.399 e. The molecule has 1 fully saturated rings. The smallest absolute Gasteiger partial charge is 0.399 e. The minimum atomic E-state index is -0.317. The fourth-order valence-corrected chi connectivity index (χ4v) is 3.54. The fraction of sp³-hybridized carbons (Fsp3) is 0.400. The van der Waals surface area contributed by atoms with Gasteiger partial charge >= 0.3 is 7.12 Å². The summed E-state index contributed by atoms with van der Waals surface area (Å²) in [5.41, 5.74) is 2.99. The lowest BCUT2D eigenvalue weighted by atomic mass is 9.78. The topological polar surface area (TPSA) is 23.4 Å². The molecule has 3 nitrogen and oxygen atoms in total. The van der Waals surface area contributed by atoms with Crippen molar-refractivity contribution < 1.29 is 9.31 Å². The molecular weight excluding hydrogens is 297 g/mol. The van der Waals surface area contributed by atoms with Gasteiger partial charge in [-0.05, 0) is 52.2 Å². The number of para-hydroxylation sites is 1. The zero-order valence-electron chi connectivity index (χ0n) is 15.1. The molecule has 1 saturated heterocycles. The van der Waals surface area contributed by atoms with E-state index in [0.717, 1.165) is 12.0 Å². The van der Waals surface area contributed by atoms with Crippen molar-refractivity contribution in [3.63, 3.8) is 0 Å². The average molecular weight is 321 g/mol. The highest BCUT2D eigenvalue weighted by atomic mass is 16.7. The maximum atomic E-state index is 6.22. The van der Waals surface area contributed by atoms with E-state index in [9.17, 15) is 0 Å². The first kappa shape index (κ1) is 15.7. The SMILES string of the molecule is CCn1c2ccccc2c2cc(B3OC(C)(C)C(C)(C)O3)ccc21. The third-order valence-electron chi connectivity index (χ3n) is 5.64. The number of hydrogen-bond donors (Lipinski definition) is 0. The zero-order valence-corrected chi connectivity index (χ0v) is 15.1. The van der Waals surface area contributed by atoms with E-state index in [1.165, 1.54) is 21.8 Å². The summed E-state index contributed by atoms with van der Waals surface area (Å²) in [6.07, 6.45) is 0. The van der Waals surface area contributed by atoms with E-state index in [1.54, 1.807) is 0 Å². The Labute approximate surface area is 143 Å². The molecule has 1 aliphatic rings. The van der Waals surface area contributed by atoms with Gasteiger partial charge in [-0.3, -0.25) is 0 Å². The van der Waals surface area contributed by atoms with Gasteiger partial charge in [0.1, 0.15) is 0 Å². The van der Waals surface area contributed by atoms with Crippen molar-refractivity contribution in [2.24, 2.45) is 0 Å². The Hall–Kier alpha value is -1.78. The molecule has 124 valence electrons. The van der Waals surface area contributed by atoms with Gasteiger partial charge in [0.2, 0.25) is 0 Å². The molecule has 4 heteroatoms. The van der Waals surface area contributed by atoms with E-state index >= 15 is 0 Å². The Morgan fingerprint density at radius 3 is 2.17 bits per heavy atom. The van der Waals surface area contributed by atoms with Gasteiger partial charge in [0.15, 0.2) is 0 Å². The summed E-state index contributed by atoms with van der Waals surface area (Å²) in [6.45, 7) is 11.5. The first-order chi connectivity index (χ1) is 11.3. The van der Waals surface area contributed by atoms with E-state index < -0.39 is 0 Å². The van der Waals surface area contributed by atoms with Gasteiger partial charge in [0.25, 0.3) is 0 Å². The molecule has 0 bridgehead atoms. The second kappa shape index (κ2) is 5.11. The number of rotatable bonds is 2. The fourth-order valence-electron chi connectivity index (χ4n) is 3.54. The first-order valence-corrected chi connectivity index (χ1v) is 8.70. The molecule has 0 atom stereocenters. The number of aryl methyl sites for hydroxylation is 1. The molecule has 2 heterocycles. The van der Waals surface area contributed by atoms with E-state index in [-0.39, 0.29) is 18.3 Å². The maximum Gasteiger partial charge on any atom is 0.494 e. The Morgan fingerprint density at radius 2 is 1.50 bits per heavy atom. The highest BCUT2D eigenvalue weighted by Crippen LogP contribution is 2.37. The normalized spacial score (nSPS) is 19.5.